The number of furan rings is 1. The van der Waals surface area contributed by atoms with E-state index in [4.69, 9.17) is 4.42 Å². The molecule has 0 saturated carbocycles. The molecule has 140 valence electrons. The van der Waals surface area contributed by atoms with Crippen molar-refractivity contribution in [3.8, 4) is 11.3 Å². The van der Waals surface area contributed by atoms with Gasteiger partial charge in [0.1, 0.15) is 17.2 Å². The molecule has 6 heteroatoms. The normalized spacial score (nSPS) is 15.4. The number of amides is 3. The van der Waals surface area contributed by atoms with Crippen LogP contribution in [0.5, 0.6) is 0 Å². The van der Waals surface area contributed by atoms with Gasteiger partial charge in [0.05, 0.1) is 6.54 Å². The number of halogens is 1. The van der Waals surface area contributed by atoms with Crippen LogP contribution < -0.4 is 5.32 Å². The second-order valence-corrected chi connectivity index (χ2v) is 7.49. The fourth-order valence-electron chi connectivity index (χ4n) is 3.05. The molecule has 3 amide bonds. The lowest BCUT2D eigenvalue weighted by Gasteiger charge is -2.12. The number of carbonyl (C=O) groups is 2. The molecule has 3 aromatic rings. The van der Waals surface area contributed by atoms with Crippen LogP contribution in [0.3, 0.4) is 0 Å². The van der Waals surface area contributed by atoms with Crippen LogP contribution in [0.2, 0.25) is 0 Å². The Morgan fingerprint density at radius 1 is 1.07 bits per heavy atom. The largest absolute Gasteiger partial charge is 0.457 e. The average Bonchev–Trinajstić information content (AvgIpc) is 3.23. The van der Waals surface area contributed by atoms with Gasteiger partial charge in [0.2, 0.25) is 0 Å². The first-order chi connectivity index (χ1) is 13.5. The summed E-state index contributed by atoms with van der Waals surface area (Å²) in [5.74, 6) is 0.819. The minimum atomic E-state index is -0.433. The number of hydrogen-bond acceptors (Lipinski definition) is 3. The Morgan fingerprint density at radius 2 is 1.86 bits per heavy atom. The van der Waals surface area contributed by atoms with Crippen LogP contribution in [-0.2, 0) is 11.3 Å². The number of carbonyl (C=O) groups excluding carboxylic acids is 2. The number of imide groups is 1. The summed E-state index contributed by atoms with van der Waals surface area (Å²) < 4.78 is 6.79. The van der Waals surface area contributed by atoms with Crippen molar-refractivity contribution in [1.82, 2.24) is 10.2 Å². The number of hydrogen-bond donors (Lipinski definition) is 1. The summed E-state index contributed by atoms with van der Waals surface area (Å²) in [7, 11) is 0. The number of nitrogens with zero attached hydrogens (tertiary/aromatic N) is 1. The van der Waals surface area contributed by atoms with E-state index in [2.05, 4.69) is 21.2 Å². The molecule has 4 rings (SSSR count). The molecular formula is C22H17BrN2O3. The van der Waals surface area contributed by atoms with E-state index in [1.54, 1.807) is 12.1 Å². The molecule has 0 atom stereocenters. The summed E-state index contributed by atoms with van der Waals surface area (Å²) in [6, 6.07) is 18.6. The molecule has 0 bridgehead atoms. The molecule has 1 saturated heterocycles. The average molecular weight is 437 g/mol. The highest BCUT2D eigenvalue weighted by atomic mass is 79.9. The van der Waals surface area contributed by atoms with Gasteiger partial charge in [-0.3, -0.25) is 9.69 Å². The fraction of sp³-hybridized carbons (Fsp3) is 0.0909. The molecule has 0 aliphatic carbocycles. The monoisotopic (exact) mass is 436 g/mol. The zero-order chi connectivity index (χ0) is 19.7. The van der Waals surface area contributed by atoms with Crippen molar-refractivity contribution in [2.45, 2.75) is 13.5 Å². The summed E-state index contributed by atoms with van der Waals surface area (Å²) in [5, 5.41) is 2.63. The first-order valence-electron chi connectivity index (χ1n) is 8.75. The zero-order valence-corrected chi connectivity index (χ0v) is 16.7. The van der Waals surface area contributed by atoms with E-state index >= 15 is 0 Å². The molecule has 1 N–H and O–H groups in total. The molecule has 28 heavy (non-hydrogen) atoms. The third-order valence-electron chi connectivity index (χ3n) is 4.43. The Balaban J connectivity index is 1.53. The summed E-state index contributed by atoms with van der Waals surface area (Å²) in [5.41, 5.74) is 3.11. The van der Waals surface area contributed by atoms with E-state index in [1.807, 2.05) is 61.5 Å². The lowest BCUT2D eigenvalue weighted by atomic mass is 10.1. The van der Waals surface area contributed by atoms with Gasteiger partial charge in [0, 0.05) is 16.1 Å². The topological polar surface area (TPSA) is 62.6 Å². The van der Waals surface area contributed by atoms with Gasteiger partial charge in [-0.2, -0.15) is 0 Å². The predicted octanol–water partition coefficient (Wildman–Crippen LogP) is 5.11. The molecule has 1 aliphatic heterocycles. The Labute approximate surface area is 170 Å². The third-order valence-corrected chi connectivity index (χ3v) is 4.96. The van der Waals surface area contributed by atoms with Gasteiger partial charge in [0.25, 0.3) is 5.91 Å². The molecule has 0 spiro atoms. The Morgan fingerprint density at radius 3 is 2.61 bits per heavy atom. The second kappa shape index (κ2) is 7.48. The predicted molar refractivity (Wildman–Crippen MR) is 110 cm³/mol. The van der Waals surface area contributed by atoms with Crippen molar-refractivity contribution in [3.63, 3.8) is 0 Å². The minimum absolute atomic E-state index is 0.203. The lowest BCUT2D eigenvalue weighted by Crippen LogP contribution is -2.30. The highest BCUT2D eigenvalue weighted by Gasteiger charge is 2.33. The van der Waals surface area contributed by atoms with E-state index < -0.39 is 6.03 Å². The van der Waals surface area contributed by atoms with Crippen molar-refractivity contribution < 1.29 is 14.0 Å². The van der Waals surface area contributed by atoms with Crippen molar-refractivity contribution in [1.29, 1.82) is 0 Å². The van der Waals surface area contributed by atoms with Crippen LogP contribution in [0.15, 0.2) is 75.3 Å². The smallest absolute Gasteiger partial charge is 0.329 e. The Hall–Kier alpha value is -3.12. The summed E-state index contributed by atoms with van der Waals surface area (Å²) >= 11 is 3.40. The lowest BCUT2D eigenvalue weighted by molar-refractivity contribution is -0.123. The first-order valence-corrected chi connectivity index (χ1v) is 9.55. The molecule has 5 nitrogen and oxygen atoms in total. The number of aryl methyl sites for hydroxylation is 1. The van der Waals surface area contributed by atoms with Gasteiger partial charge in [-0.25, -0.2) is 4.79 Å². The molecule has 0 radical (unpaired) electrons. The van der Waals surface area contributed by atoms with Gasteiger partial charge in [-0.1, -0.05) is 57.9 Å². The summed E-state index contributed by atoms with van der Waals surface area (Å²) in [4.78, 5) is 26.1. The van der Waals surface area contributed by atoms with Crippen LogP contribution in [0.4, 0.5) is 4.79 Å². The van der Waals surface area contributed by atoms with Gasteiger partial charge >= 0.3 is 6.03 Å². The van der Waals surface area contributed by atoms with Crippen LogP contribution in [0.25, 0.3) is 17.4 Å². The highest BCUT2D eigenvalue weighted by molar-refractivity contribution is 9.10. The molecule has 0 unspecified atom stereocenters. The Bertz CT molecular complexity index is 1080. The quantitative estimate of drug-likeness (QED) is 0.456. The number of urea groups is 1. The second-order valence-electron chi connectivity index (χ2n) is 6.58. The number of benzene rings is 2. The standard InChI is InChI=1S/C22H17BrN2O3/c1-14-3-2-4-15(11-14)13-25-21(26)19(24-22(25)27)12-18-9-10-20(28-18)16-5-7-17(23)8-6-16/h2-12H,13H2,1H3,(H,24,27)/b19-12-. The number of nitrogens with one attached hydrogen (secondary N) is 1. The van der Waals surface area contributed by atoms with Crippen molar-refractivity contribution in [2.24, 2.45) is 0 Å². The molecular weight excluding hydrogens is 420 g/mol. The minimum Gasteiger partial charge on any atom is -0.457 e. The zero-order valence-electron chi connectivity index (χ0n) is 15.1. The van der Waals surface area contributed by atoms with Gasteiger partial charge in [-0.05, 0) is 36.8 Å². The van der Waals surface area contributed by atoms with Crippen molar-refractivity contribution in [2.75, 3.05) is 0 Å². The molecule has 1 fully saturated rings. The first kappa shape index (κ1) is 18.3. The van der Waals surface area contributed by atoms with Crippen molar-refractivity contribution >= 4 is 33.9 Å². The maximum absolute atomic E-state index is 12.7. The molecule has 1 aromatic heterocycles. The van der Waals surface area contributed by atoms with E-state index in [1.165, 1.54) is 4.90 Å². The van der Waals surface area contributed by atoms with Gasteiger partial charge in [0.15, 0.2) is 0 Å². The molecule has 2 heterocycles. The van der Waals surface area contributed by atoms with Gasteiger partial charge < -0.3 is 9.73 Å². The summed E-state index contributed by atoms with van der Waals surface area (Å²) in [6.07, 6.45) is 1.55. The summed E-state index contributed by atoms with van der Waals surface area (Å²) in [6.45, 7) is 2.20. The van der Waals surface area contributed by atoms with Crippen LogP contribution >= 0.6 is 15.9 Å². The SMILES string of the molecule is Cc1cccc(CN2C(=O)N/C(=C\c3ccc(-c4ccc(Br)cc4)o3)C2=O)c1. The van der Waals surface area contributed by atoms with E-state index in [9.17, 15) is 9.59 Å². The Kier molecular flexibility index (Phi) is 4.88. The van der Waals surface area contributed by atoms with Crippen LogP contribution in [-0.4, -0.2) is 16.8 Å². The van der Waals surface area contributed by atoms with Crippen LogP contribution in [0, 0.1) is 6.92 Å². The number of rotatable bonds is 4. The van der Waals surface area contributed by atoms with E-state index in [0.717, 1.165) is 21.2 Å². The molecule has 1 aliphatic rings. The van der Waals surface area contributed by atoms with Gasteiger partial charge in [-0.15, -0.1) is 0 Å². The highest BCUT2D eigenvalue weighted by Crippen LogP contribution is 2.25. The van der Waals surface area contributed by atoms with Crippen molar-refractivity contribution in [3.05, 3.63) is 87.7 Å². The third kappa shape index (κ3) is 3.77. The maximum Gasteiger partial charge on any atom is 0.329 e. The van der Waals surface area contributed by atoms with E-state index in [-0.39, 0.29) is 18.1 Å². The molecule has 2 aromatic carbocycles. The fourth-order valence-corrected chi connectivity index (χ4v) is 3.31. The van der Waals surface area contributed by atoms with E-state index in [0.29, 0.717) is 11.5 Å². The van der Waals surface area contributed by atoms with Crippen LogP contribution in [0.1, 0.15) is 16.9 Å². The maximum atomic E-state index is 12.7.